The fourth-order valence-corrected chi connectivity index (χ4v) is 7.36. The number of nitrogens with zero attached hydrogens (tertiary/aromatic N) is 5. The topological polar surface area (TPSA) is 114 Å². The Morgan fingerprint density at radius 2 is 1.72 bits per heavy atom. The van der Waals surface area contributed by atoms with Gasteiger partial charge >= 0.3 is 16.2 Å². The first-order chi connectivity index (χ1) is 17.2. The lowest BCUT2D eigenvalue weighted by atomic mass is 9.99. The molecule has 0 atom stereocenters. The molecule has 0 bridgehead atoms. The number of fused-ring (bicyclic) bond motifs is 2. The van der Waals surface area contributed by atoms with E-state index in [9.17, 15) is 18.4 Å². The maximum absolute atomic E-state index is 13.7. The van der Waals surface area contributed by atoms with Gasteiger partial charge in [0.2, 0.25) is 0 Å². The minimum Gasteiger partial charge on any atom is -0.740 e. The lowest BCUT2D eigenvalue weighted by molar-refractivity contribution is 0.173. The van der Waals surface area contributed by atoms with E-state index >= 15 is 0 Å². The van der Waals surface area contributed by atoms with Crippen molar-refractivity contribution in [2.45, 2.75) is 77.3 Å². The molecule has 2 aliphatic carbocycles. The van der Waals surface area contributed by atoms with Gasteiger partial charge < -0.3 is 15.4 Å². The molecule has 1 saturated heterocycles. The van der Waals surface area contributed by atoms with Crippen LogP contribution < -0.4 is 9.62 Å². The molecule has 1 N–H and O–H groups in total. The molecule has 11 heteroatoms. The number of amides is 2. The summed E-state index contributed by atoms with van der Waals surface area (Å²) in [6, 6.07) is 0.965. The van der Waals surface area contributed by atoms with Crippen molar-refractivity contribution in [3.05, 3.63) is 45.9 Å². The van der Waals surface area contributed by atoms with E-state index in [2.05, 4.69) is 35.2 Å². The third-order valence-corrected chi connectivity index (χ3v) is 9.43. The van der Waals surface area contributed by atoms with Gasteiger partial charge in [-0.05, 0) is 87.5 Å². The molecule has 3 aliphatic rings. The SMILES string of the molecule is CC(C)N1CCC(N(c2cnn(C)c2)S(=O)(=O)N([O-])C(=O)Nc2c3c(cc4c2CCC4)CCC3)CC1. The average molecular weight is 516 g/mol. The van der Waals surface area contributed by atoms with Crippen molar-refractivity contribution in [2.75, 3.05) is 22.7 Å². The Kier molecular flexibility index (Phi) is 6.73. The summed E-state index contributed by atoms with van der Waals surface area (Å²) in [5.41, 5.74) is 5.41. The molecule has 0 saturated carbocycles. The Morgan fingerprint density at radius 3 is 2.25 bits per heavy atom. The van der Waals surface area contributed by atoms with Crippen molar-refractivity contribution >= 4 is 27.6 Å². The molecule has 1 aromatic heterocycles. The van der Waals surface area contributed by atoms with E-state index < -0.39 is 22.3 Å². The molecule has 1 fully saturated rings. The molecule has 5 rings (SSSR count). The van der Waals surface area contributed by atoms with Crippen LogP contribution in [0.4, 0.5) is 16.2 Å². The van der Waals surface area contributed by atoms with E-state index in [0.717, 1.165) is 54.0 Å². The number of hydrogen-bond acceptors (Lipinski definition) is 6. The fourth-order valence-electron chi connectivity index (χ4n) is 6.00. The van der Waals surface area contributed by atoms with Crippen LogP contribution in [-0.4, -0.2) is 58.8 Å². The number of likely N-dealkylation sites (tertiary alicyclic amines) is 1. The zero-order valence-corrected chi connectivity index (χ0v) is 22.1. The van der Waals surface area contributed by atoms with Crippen LogP contribution in [-0.2, 0) is 42.9 Å². The highest BCUT2D eigenvalue weighted by Gasteiger charge is 2.37. The Hall–Kier alpha value is -2.63. The Bertz CT molecular complexity index is 1220. The van der Waals surface area contributed by atoms with Crippen LogP contribution in [0.1, 0.15) is 61.8 Å². The smallest absolute Gasteiger partial charge is 0.326 e. The van der Waals surface area contributed by atoms with Crippen molar-refractivity contribution in [1.29, 1.82) is 0 Å². The number of carbonyl (C=O) groups is 1. The maximum atomic E-state index is 13.7. The van der Waals surface area contributed by atoms with E-state index in [4.69, 9.17) is 0 Å². The average Bonchev–Trinajstić information content (AvgIpc) is 3.60. The van der Waals surface area contributed by atoms with Crippen LogP contribution in [0, 0.1) is 5.21 Å². The third-order valence-electron chi connectivity index (χ3n) is 7.84. The van der Waals surface area contributed by atoms with Crippen molar-refractivity contribution in [3.63, 3.8) is 0 Å². The second-order valence-electron chi connectivity index (χ2n) is 10.4. The first kappa shape index (κ1) is 25.0. The summed E-state index contributed by atoms with van der Waals surface area (Å²) >= 11 is 0. The molecule has 2 heterocycles. The van der Waals surface area contributed by atoms with Gasteiger partial charge in [0.15, 0.2) is 0 Å². The molecule has 10 nitrogen and oxygen atoms in total. The number of urea groups is 1. The molecular weight excluding hydrogens is 480 g/mol. The molecule has 1 aromatic carbocycles. The van der Waals surface area contributed by atoms with Crippen molar-refractivity contribution < 1.29 is 13.2 Å². The van der Waals surface area contributed by atoms with Crippen LogP contribution in [0.15, 0.2) is 18.5 Å². The number of anilines is 2. The minimum atomic E-state index is -4.70. The summed E-state index contributed by atoms with van der Waals surface area (Å²) in [6.07, 6.45) is 9.60. The summed E-state index contributed by atoms with van der Waals surface area (Å²) in [4.78, 5) is 15.5. The maximum Gasteiger partial charge on any atom is 0.326 e. The fraction of sp³-hybridized carbons (Fsp3) is 0.600. The molecule has 2 aromatic rings. The van der Waals surface area contributed by atoms with Crippen LogP contribution in [0.3, 0.4) is 0 Å². The predicted molar refractivity (Wildman–Crippen MR) is 139 cm³/mol. The van der Waals surface area contributed by atoms with Gasteiger partial charge in [0, 0.05) is 44.1 Å². The van der Waals surface area contributed by atoms with Gasteiger partial charge in [-0.3, -0.25) is 9.15 Å². The van der Waals surface area contributed by atoms with E-state index in [0.29, 0.717) is 37.7 Å². The van der Waals surface area contributed by atoms with Gasteiger partial charge in [0.1, 0.15) is 0 Å². The van der Waals surface area contributed by atoms with Crippen LogP contribution in [0.5, 0.6) is 0 Å². The van der Waals surface area contributed by atoms with Gasteiger partial charge in [0.05, 0.1) is 11.9 Å². The van der Waals surface area contributed by atoms with Crippen molar-refractivity contribution in [2.24, 2.45) is 7.05 Å². The summed E-state index contributed by atoms with van der Waals surface area (Å²) in [7, 11) is -3.01. The van der Waals surface area contributed by atoms with Gasteiger partial charge in [-0.1, -0.05) is 6.07 Å². The molecule has 0 spiro atoms. The van der Waals surface area contributed by atoms with E-state index in [1.165, 1.54) is 22.0 Å². The van der Waals surface area contributed by atoms with E-state index in [-0.39, 0.29) is 10.2 Å². The number of piperidine rings is 1. The monoisotopic (exact) mass is 515 g/mol. The van der Waals surface area contributed by atoms with E-state index in [1.807, 2.05) is 0 Å². The van der Waals surface area contributed by atoms with Gasteiger partial charge in [-0.2, -0.15) is 13.5 Å². The molecular formula is C25H35N6O4S-. The van der Waals surface area contributed by atoms with Crippen LogP contribution in [0.2, 0.25) is 0 Å². The van der Waals surface area contributed by atoms with Crippen molar-refractivity contribution in [1.82, 2.24) is 19.1 Å². The minimum absolute atomic E-state index is 0.288. The summed E-state index contributed by atoms with van der Waals surface area (Å²) in [5.74, 6) is 0. The number of hydroxylamine groups is 1. The quantitative estimate of drug-likeness (QED) is 0.590. The number of aromatic nitrogens is 2. The Balaban J connectivity index is 1.42. The lowest BCUT2D eigenvalue weighted by Gasteiger charge is -2.42. The molecule has 0 radical (unpaired) electrons. The van der Waals surface area contributed by atoms with Gasteiger partial charge in [-0.15, -0.1) is 0 Å². The number of carbonyl (C=O) groups excluding carboxylic acids is 1. The highest BCUT2D eigenvalue weighted by molar-refractivity contribution is 7.91. The zero-order valence-electron chi connectivity index (χ0n) is 21.2. The van der Waals surface area contributed by atoms with Gasteiger partial charge in [-0.25, -0.2) is 9.10 Å². The van der Waals surface area contributed by atoms with Gasteiger partial charge in [0.25, 0.3) is 0 Å². The highest BCUT2D eigenvalue weighted by Crippen LogP contribution is 2.39. The second kappa shape index (κ2) is 9.68. The van der Waals surface area contributed by atoms with E-state index in [1.54, 1.807) is 13.2 Å². The van der Waals surface area contributed by atoms with Crippen LogP contribution in [0.25, 0.3) is 0 Å². The molecule has 36 heavy (non-hydrogen) atoms. The molecule has 1 aliphatic heterocycles. The third kappa shape index (κ3) is 4.48. The zero-order chi connectivity index (χ0) is 25.6. The highest BCUT2D eigenvalue weighted by atomic mass is 32.2. The predicted octanol–water partition coefficient (Wildman–Crippen LogP) is 3.35. The largest absolute Gasteiger partial charge is 0.740 e. The first-order valence-corrected chi connectivity index (χ1v) is 14.3. The number of hydrogen-bond donors (Lipinski definition) is 1. The Morgan fingerprint density at radius 1 is 1.11 bits per heavy atom. The number of benzene rings is 1. The molecule has 196 valence electrons. The summed E-state index contributed by atoms with van der Waals surface area (Å²) < 4.78 is 29.6. The second-order valence-corrected chi connectivity index (χ2v) is 12.0. The van der Waals surface area contributed by atoms with Crippen LogP contribution >= 0.6 is 0 Å². The first-order valence-electron chi connectivity index (χ1n) is 12.9. The normalized spacial score (nSPS) is 18.4. The lowest BCUT2D eigenvalue weighted by Crippen LogP contribution is -2.53. The Labute approximate surface area is 213 Å². The number of rotatable bonds is 6. The van der Waals surface area contributed by atoms with Crippen molar-refractivity contribution in [3.8, 4) is 0 Å². The molecule has 2 amide bonds. The number of aryl methyl sites for hydroxylation is 3. The summed E-state index contributed by atoms with van der Waals surface area (Å²) in [6.45, 7) is 5.64. The standard InChI is InChI=1S/C25H35N6O4S/c1-17(2)29-12-10-20(11-13-29)30(21-15-26-28(3)16-21)36(34,35)31(33)25(32)27-24-22-8-4-6-18(22)14-19-7-5-9-23(19)24/h14-17,20H,4-13H2,1-3H3,(H,27,32)/q-1. The summed E-state index contributed by atoms with van der Waals surface area (Å²) in [5, 5.41) is 20.1. The number of nitrogens with one attached hydrogen (secondary N) is 1. The molecule has 0 unspecified atom stereocenters.